The lowest BCUT2D eigenvalue weighted by Crippen LogP contribution is -2.51. The largest absolute Gasteiger partial charge is 0.495 e. The van der Waals surface area contributed by atoms with Gasteiger partial charge in [-0.3, -0.25) is 43.2 Å². The molecule has 6 rings (SSSR count). The number of nitrogens with two attached hydrogens (primary N) is 1. The van der Waals surface area contributed by atoms with Crippen LogP contribution in [-0.2, 0) is 96.0 Å². The zero-order chi connectivity index (χ0) is 68.1. The van der Waals surface area contributed by atoms with Gasteiger partial charge in [0.2, 0.25) is 23.6 Å². The Hall–Kier alpha value is -8.71. The van der Waals surface area contributed by atoms with Crippen LogP contribution in [0.4, 0.5) is 10.5 Å². The van der Waals surface area contributed by atoms with Gasteiger partial charge in [-0.25, -0.2) is 14.4 Å². The van der Waals surface area contributed by atoms with E-state index >= 15 is 0 Å². The third-order valence-electron chi connectivity index (χ3n) is 16.0. The number of Topliss-reactive ketones (excluding diaryl/α,β-unsaturated/α-hetero) is 1. The average molecular weight is 1310 g/mol. The summed E-state index contributed by atoms with van der Waals surface area (Å²) in [5.41, 5.74) is 7.32. The van der Waals surface area contributed by atoms with Crippen LogP contribution in [0.25, 0.3) is 0 Å². The standard InChI is InChI=1S/C67H86ClN7O18/c1-38(2)32-52-64(85)90-50(13-9-14-53(77)73-48(34-43-21-27-51(88-8)47(68)33-43)63(84)71-37-67(6,7)65(86)91-52)40(5)60-61(92-60)44-23-17-41(18-24-44)22-30-57(81)89-36-42-19-25-46(26-20-42)72-62(83)45(12-11-31-70-66(69)87)35-49(76)59(39(3)4)74-54(78)15-10-16-58(82)93-75-55(79)28-29-56(75)80/h9,14,17-21,23-27,33,38-40,45,48,50,52,59-61H,10-13,15-16,22,28-32,34-37H2,1-8H3,(H,71,84)(H,72,83)(H,73,77)(H,74,78)(H3,69,70,87)/b14-9+/t40-,45+,48+,50-,52-,59-,60-,61-/m0/s1. The first kappa shape index (κ1) is 73.3. The molecule has 3 aliphatic rings. The number of epoxide rings is 1. The lowest BCUT2D eigenvalue weighted by molar-refractivity contribution is -0.197. The molecule has 7 N–H and O–H groups in total. The minimum Gasteiger partial charge on any atom is -0.495 e. The van der Waals surface area contributed by atoms with Crippen molar-refractivity contribution in [3.05, 3.63) is 106 Å². The molecule has 3 aromatic rings. The summed E-state index contributed by atoms with van der Waals surface area (Å²) in [5, 5.41) is 14.3. The first-order chi connectivity index (χ1) is 44.1. The number of primary amides is 1. The molecular weight excluding hydrogens is 1230 g/mol. The molecule has 2 fully saturated rings. The number of cyclic esters (lactones) is 2. The van der Waals surface area contributed by atoms with Crippen LogP contribution in [0.15, 0.2) is 78.9 Å². The van der Waals surface area contributed by atoms with Gasteiger partial charge >= 0.3 is 29.9 Å². The van der Waals surface area contributed by atoms with Crippen molar-refractivity contribution in [3.63, 3.8) is 0 Å². The van der Waals surface area contributed by atoms with Crippen molar-refractivity contribution < 1.29 is 86.1 Å². The Bertz CT molecular complexity index is 3210. The zero-order valence-corrected chi connectivity index (χ0v) is 54.6. The molecule has 3 heterocycles. The van der Waals surface area contributed by atoms with E-state index in [0.29, 0.717) is 45.5 Å². The third kappa shape index (κ3) is 23.1. The van der Waals surface area contributed by atoms with Crippen molar-refractivity contribution >= 4 is 88.4 Å². The quantitative estimate of drug-likeness (QED) is 0.0139. The molecule has 504 valence electrons. The molecule has 3 aliphatic heterocycles. The number of rotatable bonds is 29. The van der Waals surface area contributed by atoms with Gasteiger partial charge in [0.1, 0.15) is 30.6 Å². The number of hydrogen-bond donors (Lipinski definition) is 6. The van der Waals surface area contributed by atoms with Crippen LogP contribution < -0.4 is 37.1 Å². The number of nitrogens with one attached hydrogen (secondary N) is 5. The van der Waals surface area contributed by atoms with Crippen molar-refractivity contribution in [2.75, 3.05) is 25.5 Å². The second-order valence-corrected chi connectivity index (χ2v) is 25.3. The molecule has 0 spiro atoms. The first-order valence-corrected chi connectivity index (χ1v) is 31.7. The number of urea groups is 1. The number of amides is 8. The molecule has 0 aromatic heterocycles. The highest BCUT2D eigenvalue weighted by atomic mass is 35.5. The number of hydrogen-bond acceptors (Lipinski definition) is 18. The molecule has 0 saturated carbocycles. The van der Waals surface area contributed by atoms with Crippen molar-refractivity contribution in [3.8, 4) is 5.75 Å². The zero-order valence-electron chi connectivity index (χ0n) is 53.8. The van der Waals surface area contributed by atoms with Gasteiger partial charge in [-0.2, -0.15) is 0 Å². The van der Waals surface area contributed by atoms with Gasteiger partial charge in [-0.1, -0.05) is 94.8 Å². The Balaban J connectivity index is 1.000. The van der Waals surface area contributed by atoms with E-state index in [4.69, 9.17) is 45.9 Å². The van der Waals surface area contributed by atoms with E-state index in [1.165, 1.54) is 13.2 Å². The van der Waals surface area contributed by atoms with Crippen LogP contribution in [0.1, 0.15) is 147 Å². The summed E-state index contributed by atoms with van der Waals surface area (Å²) in [6, 6.07) is 16.4. The van der Waals surface area contributed by atoms with Crippen molar-refractivity contribution in [2.24, 2.45) is 34.8 Å². The number of hydroxylamine groups is 2. The van der Waals surface area contributed by atoms with Gasteiger partial charge in [-0.05, 0) is 110 Å². The third-order valence-corrected chi connectivity index (χ3v) is 16.3. The van der Waals surface area contributed by atoms with E-state index in [1.54, 1.807) is 76.2 Å². The number of ketones is 1. The number of methoxy groups -OCH3 is 1. The lowest BCUT2D eigenvalue weighted by Gasteiger charge is -2.29. The molecule has 0 radical (unpaired) electrons. The Morgan fingerprint density at radius 1 is 0.828 bits per heavy atom. The predicted molar refractivity (Wildman–Crippen MR) is 338 cm³/mol. The Labute approximate surface area is 545 Å². The number of esters is 3. The summed E-state index contributed by atoms with van der Waals surface area (Å²) in [7, 11) is 1.48. The van der Waals surface area contributed by atoms with Crippen LogP contribution >= 0.6 is 11.6 Å². The van der Waals surface area contributed by atoms with Gasteiger partial charge in [0.15, 0.2) is 11.9 Å². The van der Waals surface area contributed by atoms with E-state index in [2.05, 4.69) is 26.6 Å². The fourth-order valence-corrected chi connectivity index (χ4v) is 10.7. The fraction of sp³-hybridized carbons (Fsp3) is 0.522. The molecule has 0 aliphatic carbocycles. The van der Waals surface area contributed by atoms with Crippen LogP contribution in [0.2, 0.25) is 5.02 Å². The number of aryl methyl sites for hydroxylation is 1. The van der Waals surface area contributed by atoms with Gasteiger partial charge in [0.25, 0.3) is 11.8 Å². The second kappa shape index (κ2) is 34.8. The topological polar surface area (TPSA) is 353 Å². The second-order valence-electron chi connectivity index (χ2n) is 24.9. The maximum absolute atomic E-state index is 14.0. The van der Waals surface area contributed by atoms with Gasteiger partial charge < -0.3 is 60.8 Å². The molecule has 0 bridgehead atoms. The first-order valence-electron chi connectivity index (χ1n) is 31.3. The summed E-state index contributed by atoms with van der Waals surface area (Å²) >= 11 is 6.39. The van der Waals surface area contributed by atoms with Crippen molar-refractivity contribution in [2.45, 2.75) is 175 Å². The van der Waals surface area contributed by atoms with Crippen LogP contribution in [0, 0.1) is 29.1 Å². The SMILES string of the molecule is COc1ccc(C[C@H]2NC(=O)/C=C/C[C@@H]([C@H](C)[C@@H]3O[C@H]3c3ccc(CCC(=O)OCc4ccc(NC(=O)[C@H](CCCNC(N)=O)CC(=O)[C@@H](NC(=O)CCCC(=O)ON5C(=O)CCC5=O)C(C)C)cc4)cc3)OC(=O)[C@H](CC(C)C)OC(=O)C(C)(C)CNC2=O)cc1Cl. The Kier molecular flexibility index (Phi) is 27.5. The number of halogens is 1. The van der Waals surface area contributed by atoms with E-state index in [0.717, 1.165) is 11.1 Å². The smallest absolute Gasteiger partial charge is 0.347 e. The molecular formula is C67H86ClN7O18. The van der Waals surface area contributed by atoms with E-state index in [9.17, 15) is 57.5 Å². The molecule has 26 heteroatoms. The van der Waals surface area contributed by atoms with Crippen molar-refractivity contribution in [1.29, 1.82) is 0 Å². The average Bonchev–Trinajstić information content (AvgIpc) is 1.64. The number of imide groups is 1. The maximum atomic E-state index is 14.0. The van der Waals surface area contributed by atoms with Crippen LogP contribution in [0.5, 0.6) is 5.75 Å². The fourth-order valence-electron chi connectivity index (χ4n) is 10.4. The van der Waals surface area contributed by atoms with Gasteiger partial charge in [0.05, 0.1) is 29.7 Å². The maximum Gasteiger partial charge on any atom is 0.347 e. The van der Waals surface area contributed by atoms with Gasteiger partial charge in [0, 0.05) is 82.0 Å². The molecule has 2 saturated heterocycles. The normalized spacial score (nSPS) is 20.6. The molecule has 3 aromatic carbocycles. The molecule has 0 unspecified atom stereocenters. The van der Waals surface area contributed by atoms with E-state index in [-0.39, 0.29) is 108 Å². The molecule has 93 heavy (non-hydrogen) atoms. The highest BCUT2D eigenvalue weighted by Crippen LogP contribution is 2.45. The number of anilines is 1. The predicted octanol–water partition coefficient (Wildman–Crippen LogP) is 6.68. The number of ether oxygens (including phenoxy) is 5. The monoisotopic (exact) mass is 1310 g/mol. The highest BCUT2D eigenvalue weighted by molar-refractivity contribution is 6.32. The molecule has 8 atom stereocenters. The summed E-state index contributed by atoms with van der Waals surface area (Å²) in [6.45, 7) is 12.2. The number of benzene rings is 3. The summed E-state index contributed by atoms with van der Waals surface area (Å²) in [4.78, 5) is 160. The lowest BCUT2D eigenvalue weighted by atomic mass is 9.89. The molecule has 8 amide bonds. The summed E-state index contributed by atoms with van der Waals surface area (Å²) < 4.78 is 29.1. The summed E-state index contributed by atoms with van der Waals surface area (Å²) in [6.07, 6.45) is 0.405. The van der Waals surface area contributed by atoms with E-state index in [1.807, 2.05) is 45.0 Å². The minimum absolute atomic E-state index is 0.0114. The number of carbonyl (C=O) groups is 12. The number of carbonyl (C=O) groups excluding carboxylic acids is 12. The van der Waals surface area contributed by atoms with Gasteiger partial charge in [-0.15, -0.1) is 5.06 Å². The van der Waals surface area contributed by atoms with E-state index < -0.39 is 119 Å². The molecule has 25 nitrogen and oxygen atoms in total. The Morgan fingerprint density at radius 2 is 1.51 bits per heavy atom. The Morgan fingerprint density at radius 3 is 2.15 bits per heavy atom. The summed E-state index contributed by atoms with van der Waals surface area (Å²) in [5.74, 6) is -7.92. The van der Waals surface area contributed by atoms with Crippen LogP contribution in [-0.4, -0.2) is 127 Å². The van der Waals surface area contributed by atoms with Crippen molar-refractivity contribution in [1.82, 2.24) is 26.3 Å². The van der Waals surface area contributed by atoms with Crippen LogP contribution in [0.3, 0.4) is 0 Å². The number of nitrogens with zero attached hydrogens (tertiary/aromatic N) is 1. The minimum atomic E-state index is -1.29. The highest BCUT2D eigenvalue weighted by Gasteiger charge is 2.48.